The first-order chi connectivity index (χ1) is 10.2. The minimum absolute atomic E-state index is 0.346. The lowest BCUT2D eigenvalue weighted by Crippen LogP contribution is -2.54. The van der Waals surface area contributed by atoms with E-state index in [4.69, 9.17) is 4.74 Å². The van der Waals surface area contributed by atoms with Crippen molar-refractivity contribution in [2.45, 2.75) is 45.4 Å². The number of hydrogen-bond acceptors (Lipinski definition) is 4. The molecule has 0 spiro atoms. The summed E-state index contributed by atoms with van der Waals surface area (Å²) in [5.41, 5.74) is 2.27. The number of benzene rings is 1. The number of amides is 2. The molecule has 2 N–H and O–H groups in total. The van der Waals surface area contributed by atoms with Crippen LogP contribution in [-0.2, 0) is 14.4 Å². The van der Waals surface area contributed by atoms with Crippen LogP contribution in [0.4, 0.5) is 0 Å². The van der Waals surface area contributed by atoms with Crippen LogP contribution in [0, 0.1) is 0 Å². The van der Waals surface area contributed by atoms with Gasteiger partial charge in [0.25, 0.3) is 11.8 Å². The summed E-state index contributed by atoms with van der Waals surface area (Å²) in [6, 6.07) is 7.82. The Bertz CT molecular complexity index is 497. The molecule has 2 amide bonds. The minimum Gasteiger partial charge on any atom is -0.370 e. The molecule has 1 aromatic rings. The van der Waals surface area contributed by atoms with Crippen molar-refractivity contribution in [1.82, 2.24) is 10.8 Å². The van der Waals surface area contributed by atoms with E-state index in [0.717, 1.165) is 0 Å². The van der Waals surface area contributed by atoms with Crippen LogP contribution >= 0.6 is 0 Å². The van der Waals surface area contributed by atoms with Gasteiger partial charge in [-0.3, -0.25) is 14.4 Å². The first-order valence-electron chi connectivity index (χ1n) is 7.11. The highest BCUT2D eigenvalue weighted by Crippen LogP contribution is 2.14. The summed E-state index contributed by atoms with van der Waals surface area (Å²) in [5.74, 6) is -0.815. The lowest BCUT2D eigenvalue weighted by Gasteiger charge is -2.30. The monoisotopic (exact) mass is 308 g/mol. The van der Waals surface area contributed by atoms with Gasteiger partial charge in [0, 0.05) is 5.56 Å². The largest absolute Gasteiger partial charge is 0.370 e. The molecular formula is C16H24N2O4. The Kier molecular flexibility index (Phi) is 6.52. The van der Waals surface area contributed by atoms with Crippen molar-refractivity contribution in [3.63, 3.8) is 0 Å². The zero-order valence-corrected chi connectivity index (χ0v) is 13.7. The van der Waals surface area contributed by atoms with E-state index in [1.807, 2.05) is 26.8 Å². The predicted molar refractivity (Wildman–Crippen MR) is 83.1 cm³/mol. The van der Waals surface area contributed by atoms with Crippen LogP contribution in [0.15, 0.2) is 30.3 Å². The lowest BCUT2D eigenvalue weighted by atomic mass is 10.1. The van der Waals surface area contributed by atoms with E-state index in [1.165, 1.54) is 7.11 Å². The molecular weight excluding hydrogens is 284 g/mol. The Morgan fingerprint density at radius 3 is 2.23 bits per heavy atom. The van der Waals surface area contributed by atoms with E-state index in [2.05, 4.69) is 15.6 Å². The summed E-state index contributed by atoms with van der Waals surface area (Å²) >= 11 is 0. The summed E-state index contributed by atoms with van der Waals surface area (Å²) < 4.78 is 5.77. The molecule has 0 bridgehead atoms. The number of carbonyl (C=O) groups is 2. The molecule has 0 saturated heterocycles. The van der Waals surface area contributed by atoms with Gasteiger partial charge in [0.15, 0.2) is 0 Å². The van der Waals surface area contributed by atoms with Crippen molar-refractivity contribution < 1.29 is 19.2 Å². The van der Waals surface area contributed by atoms with Crippen LogP contribution in [0.3, 0.4) is 0 Å². The molecule has 0 radical (unpaired) electrons. The third-order valence-corrected chi connectivity index (χ3v) is 2.82. The molecule has 2 atom stereocenters. The normalized spacial score (nSPS) is 14.0. The topological polar surface area (TPSA) is 76.7 Å². The van der Waals surface area contributed by atoms with Crippen molar-refractivity contribution in [2.75, 3.05) is 7.11 Å². The van der Waals surface area contributed by atoms with Crippen molar-refractivity contribution in [1.29, 1.82) is 0 Å². The second-order valence-electron chi connectivity index (χ2n) is 5.92. The van der Waals surface area contributed by atoms with E-state index >= 15 is 0 Å². The molecule has 0 saturated carbocycles. The van der Waals surface area contributed by atoms with Gasteiger partial charge in [0.2, 0.25) is 0 Å². The molecule has 2 unspecified atom stereocenters. The SMILES string of the molecule is CONC(=O)C(NC(=O)c1ccccc1)C(C)OC(C)(C)C. The average Bonchev–Trinajstić information content (AvgIpc) is 2.43. The third-order valence-electron chi connectivity index (χ3n) is 2.82. The summed E-state index contributed by atoms with van der Waals surface area (Å²) in [7, 11) is 1.34. The van der Waals surface area contributed by atoms with Crippen molar-refractivity contribution in [3.8, 4) is 0 Å². The molecule has 1 aromatic carbocycles. The van der Waals surface area contributed by atoms with Gasteiger partial charge in [-0.25, -0.2) is 5.48 Å². The maximum atomic E-state index is 12.2. The lowest BCUT2D eigenvalue weighted by molar-refractivity contribution is -0.140. The Hall–Kier alpha value is -1.92. The van der Waals surface area contributed by atoms with Gasteiger partial charge in [0.1, 0.15) is 6.04 Å². The molecule has 22 heavy (non-hydrogen) atoms. The highest BCUT2D eigenvalue weighted by atomic mass is 16.6. The zero-order valence-electron chi connectivity index (χ0n) is 13.7. The van der Waals surface area contributed by atoms with Gasteiger partial charge in [-0.05, 0) is 39.8 Å². The second kappa shape index (κ2) is 7.91. The van der Waals surface area contributed by atoms with Gasteiger partial charge in [0.05, 0.1) is 18.8 Å². The third kappa shape index (κ3) is 5.83. The Morgan fingerprint density at radius 2 is 1.73 bits per heavy atom. The maximum absolute atomic E-state index is 12.2. The van der Waals surface area contributed by atoms with E-state index in [0.29, 0.717) is 5.56 Å². The fourth-order valence-corrected chi connectivity index (χ4v) is 2.00. The van der Waals surface area contributed by atoms with Gasteiger partial charge in [-0.1, -0.05) is 18.2 Å². The molecule has 0 fully saturated rings. The first-order valence-corrected chi connectivity index (χ1v) is 7.11. The minimum atomic E-state index is -0.869. The van der Waals surface area contributed by atoms with Gasteiger partial charge < -0.3 is 10.1 Å². The van der Waals surface area contributed by atoms with E-state index in [1.54, 1.807) is 31.2 Å². The number of nitrogens with one attached hydrogen (secondary N) is 2. The summed E-state index contributed by atoms with van der Waals surface area (Å²) in [5, 5.41) is 2.68. The smallest absolute Gasteiger partial charge is 0.268 e. The van der Waals surface area contributed by atoms with Crippen molar-refractivity contribution >= 4 is 11.8 Å². The quantitative estimate of drug-likeness (QED) is 0.784. The second-order valence-corrected chi connectivity index (χ2v) is 5.92. The molecule has 0 heterocycles. The van der Waals surface area contributed by atoms with Crippen LogP contribution in [0.5, 0.6) is 0 Å². The van der Waals surface area contributed by atoms with Crippen LogP contribution in [0.2, 0.25) is 0 Å². The molecule has 0 aromatic heterocycles. The number of rotatable bonds is 6. The van der Waals surface area contributed by atoms with Crippen LogP contribution in [-0.4, -0.2) is 36.7 Å². The molecule has 6 nitrogen and oxygen atoms in total. The summed E-state index contributed by atoms with van der Waals surface area (Å²) in [4.78, 5) is 29.0. The van der Waals surface area contributed by atoms with Gasteiger partial charge in [-0.15, -0.1) is 0 Å². The highest BCUT2D eigenvalue weighted by Gasteiger charge is 2.31. The Labute approximate surface area is 131 Å². The van der Waals surface area contributed by atoms with Gasteiger partial charge in [-0.2, -0.15) is 0 Å². The maximum Gasteiger partial charge on any atom is 0.268 e. The number of hydrogen-bond donors (Lipinski definition) is 2. The molecule has 0 aliphatic rings. The Morgan fingerprint density at radius 1 is 1.14 bits per heavy atom. The summed E-state index contributed by atoms with van der Waals surface area (Å²) in [6.45, 7) is 7.38. The molecule has 1 rings (SSSR count). The van der Waals surface area contributed by atoms with Crippen LogP contribution in [0.25, 0.3) is 0 Å². The molecule has 0 aliphatic carbocycles. The molecule has 0 aliphatic heterocycles. The van der Waals surface area contributed by atoms with Crippen molar-refractivity contribution in [3.05, 3.63) is 35.9 Å². The first kappa shape index (κ1) is 18.1. The number of ether oxygens (including phenoxy) is 1. The molecule has 122 valence electrons. The number of hydroxylamine groups is 1. The average molecular weight is 308 g/mol. The zero-order chi connectivity index (χ0) is 16.8. The summed E-state index contributed by atoms with van der Waals surface area (Å²) in [6.07, 6.45) is -0.525. The standard InChI is InChI=1S/C16H24N2O4/c1-11(22-16(2,3)4)13(15(20)18-21-5)17-14(19)12-9-7-6-8-10-12/h6-11,13H,1-5H3,(H,17,19)(H,18,20). The van der Waals surface area contributed by atoms with E-state index < -0.39 is 23.7 Å². The van der Waals surface area contributed by atoms with Gasteiger partial charge >= 0.3 is 0 Å². The van der Waals surface area contributed by atoms with Crippen LogP contribution in [0.1, 0.15) is 38.1 Å². The predicted octanol–water partition coefficient (Wildman–Crippen LogP) is 1.67. The fourth-order valence-electron chi connectivity index (χ4n) is 2.00. The van der Waals surface area contributed by atoms with E-state index in [-0.39, 0.29) is 5.91 Å². The number of carbonyl (C=O) groups excluding carboxylic acids is 2. The van der Waals surface area contributed by atoms with Crippen LogP contribution < -0.4 is 10.8 Å². The van der Waals surface area contributed by atoms with E-state index in [9.17, 15) is 9.59 Å². The Balaban J connectivity index is 2.86. The molecule has 6 heteroatoms. The van der Waals surface area contributed by atoms with Crippen molar-refractivity contribution in [2.24, 2.45) is 0 Å². The fraction of sp³-hybridized carbons (Fsp3) is 0.500. The highest BCUT2D eigenvalue weighted by molar-refractivity contribution is 5.97.